The van der Waals surface area contributed by atoms with Crippen molar-refractivity contribution in [2.45, 2.75) is 26.2 Å². The van der Waals surface area contributed by atoms with Gasteiger partial charge in [-0.1, -0.05) is 29.3 Å². The van der Waals surface area contributed by atoms with Crippen LogP contribution in [-0.4, -0.2) is 51.1 Å². The van der Waals surface area contributed by atoms with E-state index < -0.39 is 0 Å². The lowest BCUT2D eigenvalue weighted by Gasteiger charge is -2.23. The SMILES string of the molecule is CCCCN(C)C(=NC)NCC1CCN(c2ccc(Br)cc2)C1. The first-order valence-corrected chi connectivity index (χ1v) is 9.35. The normalized spacial score (nSPS) is 18.3. The van der Waals surface area contributed by atoms with Gasteiger partial charge in [-0.3, -0.25) is 4.99 Å². The monoisotopic (exact) mass is 380 g/mol. The molecule has 0 saturated carbocycles. The summed E-state index contributed by atoms with van der Waals surface area (Å²) in [5.41, 5.74) is 1.32. The number of halogens is 1. The number of unbranched alkanes of at least 4 members (excludes halogenated alkanes) is 1. The Morgan fingerprint density at radius 2 is 2.13 bits per heavy atom. The van der Waals surface area contributed by atoms with Gasteiger partial charge in [0.2, 0.25) is 0 Å². The molecule has 1 aliphatic rings. The third-order valence-electron chi connectivity index (χ3n) is 4.45. The minimum absolute atomic E-state index is 0.676. The van der Waals surface area contributed by atoms with Crippen LogP contribution in [0.15, 0.2) is 33.7 Å². The van der Waals surface area contributed by atoms with E-state index in [1.807, 2.05) is 7.05 Å². The molecule has 5 heteroatoms. The van der Waals surface area contributed by atoms with Gasteiger partial charge in [-0.15, -0.1) is 0 Å². The lowest BCUT2D eigenvalue weighted by molar-refractivity contribution is 0.454. The van der Waals surface area contributed by atoms with Gasteiger partial charge >= 0.3 is 0 Å². The summed E-state index contributed by atoms with van der Waals surface area (Å²) >= 11 is 3.50. The lowest BCUT2D eigenvalue weighted by Crippen LogP contribution is -2.41. The van der Waals surface area contributed by atoms with Crippen LogP contribution in [0.3, 0.4) is 0 Å². The van der Waals surface area contributed by atoms with E-state index in [-0.39, 0.29) is 0 Å². The number of aliphatic imine (C=N–C) groups is 1. The van der Waals surface area contributed by atoms with Gasteiger partial charge in [-0.2, -0.15) is 0 Å². The van der Waals surface area contributed by atoms with Crippen LogP contribution in [0.1, 0.15) is 26.2 Å². The predicted molar refractivity (Wildman–Crippen MR) is 103 cm³/mol. The summed E-state index contributed by atoms with van der Waals surface area (Å²) in [5.74, 6) is 1.69. The molecule has 1 N–H and O–H groups in total. The molecule has 0 spiro atoms. The van der Waals surface area contributed by atoms with Crippen LogP contribution in [0.2, 0.25) is 0 Å². The Morgan fingerprint density at radius 3 is 2.78 bits per heavy atom. The molecule has 0 aromatic heterocycles. The molecule has 4 nitrogen and oxygen atoms in total. The summed E-state index contributed by atoms with van der Waals surface area (Å²) in [6, 6.07) is 8.62. The molecule has 0 radical (unpaired) electrons. The lowest BCUT2D eigenvalue weighted by atomic mass is 10.1. The van der Waals surface area contributed by atoms with Crippen molar-refractivity contribution in [2.24, 2.45) is 10.9 Å². The Kier molecular flexibility index (Phi) is 7.21. The van der Waals surface area contributed by atoms with E-state index >= 15 is 0 Å². The average Bonchev–Trinajstić information content (AvgIpc) is 3.03. The first kappa shape index (κ1) is 18.1. The van der Waals surface area contributed by atoms with Gasteiger partial charge in [0.05, 0.1) is 0 Å². The summed E-state index contributed by atoms with van der Waals surface area (Å²) in [5, 5.41) is 3.54. The van der Waals surface area contributed by atoms with E-state index in [0.29, 0.717) is 5.92 Å². The summed E-state index contributed by atoms with van der Waals surface area (Å²) < 4.78 is 1.14. The number of hydrogen-bond donors (Lipinski definition) is 1. The molecule has 1 heterocycles. The highest BCUT2D eigenvalue weighted by Gasteiger charge is 2.23. The standard InChI is InChI=1S/C18H29BrN4/c1-4-5-11-22(3)18(20-2)21-13-15-10-12-23(14-15)17-8-6-16(19)7-9-17/h6-9,15H,4-5,10-14H2,1-3H3,(H,20,21). The predicted octanol–water partition coefficient (Wildman–Crippen LogP) is 3.58. The quantitative estimate of drug-likeness (QED) is 0.604. The summed E-state index contributed by atoms with van der Waals surface area (Å²) in [4.78, 5) is 9.10. The summed E-state index contributed by atoms with van der Waals surface area (Å²) in [6.07, 6.45) is 3.66. The Balaban J connectivity index is 1.79. The molecule has 0 amide bonds. The molecule has 1 aromatic carbocycles. The maximum absolute atomic E-state index is 4.40. The van der Waals surface area contributed by atoms with E-state index in [1.165, 1.54) is 24.9 Å². The van der Waals surface area contributed by atoms with Crippen LogP contribution < -0.4 is 10.2 Å². The fraction of sp³-hybridized carbons (Fsp3) is 0.611. The number of nitrogens with one attached hydrogen (secondary N) is 1. The topological polar surface area (TPSA) is 30.9 Å². The molecular formula is C18H29BrN4. The molecule has 0 aliphatic carbocycles. The van der Waals surface area contributed by atoms with Gasteiger partial charge in [0.15, 0.2) is 5.96 Å². The smallest absolute Gasteiger partial charge is 0.193 e. The van der Waals surface area contributed by atoms with E-state index in [1.54, 1.807) is 0 Å². The second-order valence-electron chi connectivity index (χ2n) is 6.28. The molecule has 1 aliphatic heterocycles. The third kappa shape index (κ3) is 5.41. The molecule has 1 aromatic rings. The highest BCUT2D eigenvalue weighted by Crippen LogP contribution is 2.24. The van der Waals surface area contributed by atoms with Gasteiger partial charge in [0.25, 0.3) is 0 Å². The van der Waals surface area contributed by atoms with Crippen LogP contribution in [0.4, 0.5) is 5.69 Å². The van der Waals surface area contributed by atoms with E-state index in [9.17, 15) is 0 Å². The van der Waals surface area contributed by atoms with Gasteiger partial charge < -0.3 is 15.1 Å². The van der Waals surface area contributed by atoms with E-state index in [0.717, 1.165) is 36.6 Å². The van der Waals surface area contributed by atoms with Crippen LogP contribution in [0.5, 0.6) is 0 Å². The molecule has 128 valence electrons. The summed E-state index contributed by atoms with van der Waals surface area (Å²) in [6.45, 7) is 6.53. The maximum Gasteiger partial charge on any atom is 0.193 e. The highest BCUT2D eigenvalue weighted by atomic mass is 79.9. The Morgan fingerprint density at radius 1 is 1.39 bits per heavy atom. The molecular weight excluding hydrogens is 352 g/mol. The molecule has 1 unspecified atom stereocenters. The average molecular weight is 381 g/mol. The fourth-order valence-electron chi connectivity index (χ4n) is 3.01. The van der Waals surface area contributed by atoms with Crippen molar-refractivity contribution in [3.8, 4) is 0 Å². The van der Waals surface area contributed by atoms with E-state index in [2.05, 4.69) is 74.3 Å². The zero-order valence-corrected chi connectivity index (χ0v) is 16.1. The van der Waals surface area contributed by atoms with Crippen molar-refractivity contribution in [3.05, 3.63) is 28.7 Å². The van der Waals surface area contributed by atoms with Crippen LogP contribution >= 0.6 is 15.9 Å². The number of benzene rings is 1. The van der Waals surface area contributed by atoms with Crippen molar-refractivity contribution < 1.29 is 0 Å². The van der Waals surface area contributed by atoms with Crippen LogP contribution in [-0.2, 0) is 0 Å². The number of hydrogen-bond acceptors (Lipinski definition) is 2. The van der Waals surface area contributed by atoms with Crippen LogP contribution in [0.25, 0.3) is 0 Å². The number of guanidine groups is 1. The third-order valence-corrected chi connectivity index (χ3v) is 4.98. The fourth-order valence-corrected chi connectivity index (χ4v) is 3.27. The largest absolute Gasteiger partial charge is 0.371 e. The number of anilines is 1. The van der Waals surface area contributed by atoms with Crippen molar-refractivity contribution in [2.75, 3.05) is 45.2 Å². The van der Waals surface area contributed by atoms with Crippen LogP contribution in [0, 0.1) is 5.92 Å². The van der Waals surface area contributed by atoms with Crippen molar-refractivity contribution >= 4 is 27.6 Å². The minimum Gasteiger partial charge on any atom is -0.371 e. The number of nitrogens with zero attached hydrogens (tertiary/aromatic N) is 3. The second kappa shape index (κ2) is 9.16. The minimum atomic E-state index is 0.676. The number of rotatable bonds is 6. The molecule has 1 fully saturated rings. The van der Waals surface area contributed by atoms with Crippen molar-refractivity contribution in [1.29, 1.82) is 0 Å². The van der Waals surface area contributed by atoms with Gasteiger partial charge in [0, 0.05) is 50.4 Å². The second-order valence-corrected chi connectivity index (χ2v) is 7.20. The molecule has 0 bridgehead atoms. The van der Waals surface area contributed by atoms with Gasteiger partial charge in [-0.05, 0) is 43.0 Å². The Bertz CT molecular complexity index is 500. The van der Waals surface area contributed by atoms with Gasteiger partial charge in [0.1, 0.15) is 0 Å². The first-order valence-electron chi connectivity index (χ1n) is 8.56. The molecule has 2 rings (SSSR count). The Hall–Kier alpha value is -1.23. The van der Waals surface area contributed by atoms with Gasteiger partial charge in [-0.25, -0.2) is 0 Å². The zero-order valence-electron chi connectivity index (χ0n) is 14.6. The molecule has 1 saturated heterocycles. The molecule has 1 atom stereocenters. The Labute approximate surface area is 149 Å². The van der Waals surface area contributed by atoms with Crippen molar-refractivity contribution in [1.82, 2.24) is 10.2 Å². The maximum atomic E-state index is 4.40. The van der Waals surface area contributed by atoms with E-state index in [4.69, 9.17) is 0 Å². The zero-order chi connectivity index (χ0) is 16.7. The first-order chi connectivity index (χ1) is 11.1. The molecule has 23 heavy (non-hydrogen) atoms. The highest BCUT2D eigenvalue weighted by molar-refractivity contribution is 9.10. The van der Waals surface area contributed by atoms with Crippen molar-refractivity contribution in [3.63, 3.8) is 0 Å². The summed E-state index contributed by atoms with van der Waals surface area (Å²) in [7, 11) is 3.99.